The van der Waals surface area contributed by atoms with Crippen molar-refractivity contribution in [1.82, 2.24) is 24.9 Å². The first-order valence-electron chi connectivity index (χ1n) is 9.12. The Morgan fingerprint density at radius 3 is 2.86 bits per heavy atom. The summed E-state index contributed by atoms with van der Waals surface area (Å²) in [4.78, 5) is 16.7. The number of amides is 1. The van der Waals surface area contributed by atoms with E-state index in [1.54, 1.807) is 12.5 Å². The van der Waals surface area contributed by atoms with Gasteiger partial charge in [0.05, 0.1) is 7.11 Å². The van der Waals surface area contributed by atoms with E-state index in [-0.39, 0.29) is 5.91 Å². The molecule has 0 unspecified atom stereocenters. The lowest BCUT2D eigenvalue weighted by Gasteiger charge is -2.04. The summed E-state index contributed by atoms with van der Waals surface area (Å²) in [6.45, 7) is 1.08. The maximum atomic E-state index is 12.3. The van der Waals surface area contributed by atoms with Crippen LogP contribution in [0.1, 0.15) is 21.9 Å². The molecule has 148 valence electrons. The number of carbonyl (C=O) groups excluding carboxylic acids is 1. The van der Waals surface area contributed by atoms with E-state index in [0.717, 1.165) is 22.8 Å². The normalized spacial score (nSPS) is 10.8. The highest BCUT2D eigenvalue weighted by Gasteiger charge is 2.11. The Labute approximate surface area is 171 Å². The fraction of sp³-hybridized carbons (Fsp3) is 0.200. The Hall–Kier alpha value is -3.46. The number of hydrogen-bond acceptors (Lipinski definition) is 7. The van der Waals surface area contributed by atoms with Crippen molar-refractivity contribution in [2.75, 3.05) is 19.0 Å². The number of aromatic nitrogens is 4. The maximum Gasteiger partial charge on any atom is 0.270 e. The second kappa shape index (κ2) is 8.70. The molecule has 9 heteroatoms. The largest absolute Gasteiger partial charge is 0.497 e. The van der Waals surface area contributed by atoms with Gasteiger partial charge in [0.15, 0.2) is 10.8 Å². The van der Waals surface area contributed by atoms with Gasteiger partial charge < -0.3 is 15.4 Å². The predicted molar refractivity (Wildman–Crippen MR) is 111 cm³/mol. The number of pyridine rings is 1. The summed E-state index contributed by atoms with van der Waals surface area (Å²) in [5.74, 6) is 1.43. The van der Waals surface area contributed by atoms with E-state index in [9.17, 15) is 4.79 Å². The molecule has 8 nitrogen and oxygen atoms in total. The van der Waals surface area contributed by atoms with Crippen LogP contribution in [0.4, 0.5) is 5.13 Å². The van der Waals surface area contributed by atoms with Crippen LogP contribution in [0, 0.1) is 0 Å². The van der Waals surface area contributed by atoms with Gasteiger partial charge in [-0.05, 0) is 29.8 Å². The molecule has 0 fully saturated rings. The second-order valence-electron chi connectivity index (χ2n) is 6.29. The van der Waals surface area contributed by atoms with E-state index < -0.39 is 0 Å². The van der Waals surface area contributed by atoms with Gasteiger partial charge in [-0.2, -0.15) is 0 Å². The zero-order chi connectivity index (χ0) is 20.1. The third kappa shape index (κ3) is 4.52. The molecule has 1 amide bonds. The minimum atomic E-state index is -0.201. The van der Waals surface area contributed by atoms with Crippen LogP contribution >= 0.6 is 11.3 Å². The third-order valence-electron chi connectivity index (χ3n) is 4.36. The van der Waals surface area contributed by atoms with Gasteiger partial charge >= 0.3 is 0 Å². The van der Waals surface area contributed by atoms with Crippen LogP contribution in [0.3, 0.4) is 0 Å². The number of benzene rings is 1. The van der Waals surface area contributed by atoms with Crippen LogP contribution in [0.25, 0.3) is 5.65 Å². The molecule has 0 aliphatic heterocycles. The van der Waals surface area contributed by atoms with Crippen molar-refractivity contribution in [2.24, 2.45) is 0 Å². The van der Waals surface area contributed by atoms with Gasteiger partial charge in [0.2, 0.25) is 0 Å². The first kappa shape index (κ1) is 18.9. The molecule has 0 spiro atoms. The molecular formula is C20H20N6O2S. The Kier molecular flexibility index (Phi) is 5.66. The van der Waals surface area contributed by atoms with Crippen LogP contribution < -0.4 is 15.4 Å². The first-order chi connectivity index (χ1) is 14.2. The summed E-state index contributed by atoms with van der Waals surface area (Å²) in [5, 5.41) is 16.8. The van der Waals surface area contributed by atoms with Crippen molar-refractivity contribution in [2.45, 2.75) is 13.0 Å². The molecule has 0 aliphatic rings. The molecule has 1 aromatic carbocycles. The highest BCUT2D eigenvalue weighted by atomic mass is 32.1. The van der Waals surface area contributed by atoms with E-state index >= 15 is 0 Å². The van der Waals surface area contributed by atoms with E-state index in [0.29, 0.717) is 30.3 Å². The smallest absolute Gasteiger partial charge is 0.270 e. The lowest BCUT2D eigenvalue weighted by atomic mass is 10.2. The summed E-state index contributed by atoms with van der Waals surface area (Å²) in [6, 6.07) is 13.5. The van der Waals surface area contributed by atoms with E-state index in [4.69, 9.17) is 4.74 Å². The van der Waals surface area contributed by atoms with E-state index in [2.05, 4.69) is 25.8 Å². The van der Waals surface area contributed by atoms with Crippen molar-refractivity contribution in [3.63, 3.8) is 0 Å². The lowest BCUT2D eigenvalue weighted by Crippen LogP contribution is -2.26. The van der Waals surface area contributed by atoms with Crippen LogP contribution in [-0.2, 0) is 13.0 Å². The fourth-order valence-corrected chi connectivity index (χ4v) is 3.51. The number of thiazole rings is 1. The highest BCUT2D eigenvalue weighted by molar-refractivity contribution is 7.13. The second-order valence-corrected chi connectivity index (χ2v) is 7.15. The number of anilines is 1. The predicted octanol–water partition coefficient (Wildman–Crippen LogP) is 2.78. The van der Waals surface area contributed by atoms with Gasteiger partial charge in [0.25, 0.3) is 5.91 Å². The summed E-state index contributed by atoms with van der Waals surface area (Å²) >= 11 is 1.40. The molecule has 0 saturated heterocycles. The van der Waals surface area contributed by atoms with Crippen molar-refractivity contribution in [3.8, 4) is 5.75 Å². The van der Waals surface area contributed by atoms with Gasteiger partial charge in [-0.25, -0.2) is 4.98 Å². The minimum absolute atomic E-state index is 0.201. The van der Waals surface area contributed by atoms with E-state index in [1.165, 1.54) is 11.3 Å². The minimum Gasteiger partial charge on any atom is -0.497 e. The van der Waals surface area contributed by atoms with Gasteiger partial charge in [-0.15, -0.1) is 21.5 Å². The quantitative estimate of drug-likeness (QED) is 0.466. The Bertz CT molecular complexity index is 1110. The molecule has 0 saturated carbocycles. The van der Waals surface area contributed by atoms with Gasteiger partial charge in [-0.1, -0.05) is 18.2 Å². The average Bonchev–Trinajstić information content (AvgIpc) is 3.40. The number of carbonyl (C=O) groups is 1. The van der Waals surface area contributed by atoms with Crippen molar-refractivity contribution in [3.05, 3.63) is 71.1 Å². The zero-order valence-electron chi connectivity index (χ0n) is 15.8. The van der Waals surface area contributed by atoms with Crippen molar-refractivity contribution >= 4 is 28.0 Å². The summed E-state index contributed by atoms with van der Waals surface area (Å²) < 4.78 is 7.07. The molecule has 4 rings (SSSR count). The Morgan fingerprint density at radius 2 is 2.03 bits per heavy atom. The average molecular weight is 408 g/mol. The van der Waals surface area contributed by atoms with Crippen molar-refractivity contribution < 1.29 is 9.53 Å². The van der Waals surface area contributed by atoms with Crippen LogP contribution in [-0.4, -0.2) is 39.1 Å². The Morgan fingerprint density at radius 1 is 1.17 bits per heavy atom. The molecule has 0 bridgehead atoms. The summed E-state index contributed by atoms with van der Waals surface area (Å²) in [6.07, 6.45) is 2.50. The molecule has 4 aromatic rings. The van der Waals surface area contributed by atoms with Gasteiger partial charge in [0, 0.05) is 31.1 Å². The SMILES string of the molecule is COc1ccc(CNc2nc(C(=O)NCCc3nnc4ccccn34)cs2)cc1. The first-order valence-corrected chi connectivity index (χ1v) is 10.00. The number of nitrogens with zero attached hydrogens (tertiary/aromatic N) is 4. The molecule has 0 aliphatic carbocycles. The number of rotatable bonds is 8. The zero-order valence-corrected chi connectivity index (χ0v) is 16.6. The van der Waals surface area contributed by atoms with Gasteiger partial charge in [0.1, 0.15) is 17.3 Å². The number of hydrogen-bond donors (Lipinski definition) is 2. The monoisotopic (exact) mass is 408 g/mol. The topological polar surface area (TPSA) is 93.4 Å². The standard InChI is InChI=1S/C20H20N6O2S/c1-28-15-7-5-14(6-8-15)12-22-20-23-16(13-29-20)19(27)21-10-9-18-25-24-17-4-2-3-11-26(17)18/h2-8,11,13H,9-10,12H2,1H3,(H,21,27)(H,22,23). The molecule has 3 heterocycles. The molecular weight excluding hydrogens is 388 g/mol. The fourth-order valence-electron chi connectivity index (χ4n) is 2.82. The Balaban J connectivity index is 1.27. The number of fused-ring (bicyclic) bond motifs is 1. The maximum absolute atomic E-state index is 12.3. The lowest BCUT2D eigenvalue weighted by molar-refractivity contribution is 0.0949. The third-order valence-corrected chi connectivity index (χ3v) is 5.16. The molecule has 0 radical (unpaired) electrons. The van der Waals surface area contributed by atoms with Crippen molar-refractivity contribution in [1.29, 1.82) is 0 Å². The summed E-state index contributed by atoms with van der Waals surface area (Å²) in [5.41, 5.74) is 2.30. The molecule has 2 N–H and O–H groups in total. The van der Waals surface area contributed by atoms with E-state index in [1.807, 2.05) is 53.1 Å². The van der Waals surface area contributed by atoms with Crippen LogP contribution in [0.15, 0.2) is 54.0 Å². The summed E-state index contributed by atoms with van der Waals surface area (Å²) in [7, 11) is 1.64. The number of ether oxygens (including phenoxy) is 1. The van der Waals surface area contributed by atoms with Crippen LogP contribution in [0.2, 0.25) is 0 Å². The van der Waals surface area contributed by atoms with Crippen LogP contribution in [0.5, 0.6) is 5.75 Å². The van der Waals surface area contributed by atoms with Gasteiger partial charge in [-0.3, -0.25) is 9.20 Å². The number of nitrogens with one attached hydrogen (secondary N) is 2. The highest BCUT2D eigenvalue weighted by Crippen LogP contribution is 2.17. The number of methoxy groups -OCH3 is 1. The molecule has 3 aromatic heterocycles. The molecule has 0 atom stereocenters. The molecule has 29 heavy (non-hydrogen) atoms.